The van der Waals surface area contributed by atoms with Gasteiger partial charge in [0, 0.05) is 26.2 Å². The predicted octanol–water partition coefficient (Wildman–Crippen LogP) is 5.01. The highest BCUT2D eigenvalue weighted by atomic mass is 16.5. The Labute approximate surface area is 240 Å². The fourth-order valence-electron chi connectivity index (χ4n) is 5.12. The molecule has 1 heterocycles. The van der Waals surface area contributed by atoms with Gasteiger partial charge in [0.05, 0.1) is 47.6 Å². The maximum absolute atomic E-state index is 12.3. The molecule has 2 aromatic carbocycles. The normalized spacial score (nSPS) is 16.4. The third kappa shape index (κ3) is 9.89. The molecule has 0 unspecified atom stereocenters. The van der Waals surface area contributed by atoms with Crippen molar-refractivity contribution in [2.45, 2.75) is 57.5 Å². The first kappa shape index (κ1) is 31.6. The van der Waals surface area contributed by atoms with Crippen LogP contribution in [0.3, 0.4) is 0 Å². The van der Waals surface area contributed by atoms with Crippen molar-refractivity contribution in [3.8, 4) is 23.0 Å². The number of methoxy groups -OCH3 is 4. The Hall–Kier alpha value is -2.97. The van der Waals surface area contributed by atoms with Crippen molar-refractivity contribution in [3.05, 3.63) is 47.5 Å². The van der Waals surface area contributed by atoms with Crippen LogP contribution < -0.4 is 18.9 Å². The van der Waals surface area contributed by atoms with Gasteiger partial charge in [-0.3, -0.25) is 4.79 Å². The first-order valence-electron chi connectivity index (χ1n) is 14.5. The molecular formula is C32H48N2O6. The number of piperazine rings is 1. The largest absolute Gasteiger partial charge is 0.493 e. The highest BCUT2D eigenvalue weighted by Crippen LogP contribution is 2.29. The fraction of sp³-hybridized carbons (Fsp3) is 0.594. The first-order valence-corrected chi connectivity index (χ1v) is 14.5. The minimum atomic E-state index is 0.172. The van der Waals surface area contributed by atoms with Crippen LogP contribution in [0.15, 0.2) is 36.4 Å². The van der Waals surface area contributed by atoms with Crippen molar-refractivity contribution in [2.75, 3.05) is 68.3 Å². The molecule has 1 amide bonds. The van der Waals surface area contributed by atoms with Crippen LogP contribution in [0.25, 0.3) is 0 Å². The molecule has 2 fully saturated rings. The number of likely N-dealkylation sites (N-methyl/N-ethyl adjacent to an activating group) is 1. The van der Waals surface area contributed by atoms with Gasteiger partial charge in [-0.25, -0.2) is 0 Å². The van der Waals surface area contributed by atoms with Crippen molar-refractivity contribution in [3.63, 3.8) is 0 Å². The Morgan fingerprint density at radius 2 is 1.25 bits per heavy atom. The molecule has 0 bridgehead atoms. The standard InChI is InChI=1S/C17H26O3.C15H22N2O3/c1-18-16-10-9-14(13-17(16)19-2)11-12-20-15-7-5-3-4-6-8-15;1-16-6-8-17(9-7-16)15(18)11-12-4-5-13(19-2)14(10-12)20-3/h9-10,13,15H,3-8,11-12H2,1-2H3;4-5,10H,6-9,11H2,1-3H3. The third-order valence-electron chi connectivity index (χ3n) is 7.65. The number of carbonyl (C=O) groups is 1. The second-order valence-electron chi connectivity index (χ2n) is 10.5. The van der Waals surface area contributed by atoms with E-state index in [0.717, 1.165) is 56.3 Å². The molecule has 2 aromatic rings. The summed E-state index contributed by atoms with van der Waals surface area (Å²) >= 11 is 0. The van der Waals surface area contributed by atoms with Crippen LogP contribution in [0.5, 0.6) is 23.0 Å². The lowest BCUT2D eigenvalue weighted by molar-refractivity contribution is -0.132. The summed E-state index contributed by atoms with van der Waals surface area (Å²) in [6.07, 6.45) is 9.64. The van der Waals surface area contributed by atoms with Crippen molar-refractivity contribution in [1.29, 1.82) is 0 Å². The number of hydrogen-bond donors (Lipinski definition) is 0. The molecule has 1 saturated carbocycles. The number of carbonyl (C=O) groups excluding carboxylic acids is 1. The SMILES string of the molecule is COc1ccc(CC(=O)N2CCN(C)CC2)cc1OC.COc1ccc(CCOC2CCCCCC2)cc1OC. The van der Waals surface area contributed by atoms with E-state index in [2.05, 4.69) is 18.0 Å². The molecule has 4 rings (SSSR count). The zero-order valence-electron chi connectivity index (χ0n) is 25.1. The summed E-state index contributed by atoms with van der Waals surface area (Å²) in [6.45, 7) is 4.29. The zero-order chi connectivity index (χ0) is 28.7. The van der Waals surface area contributed by atoms with Gasteiger partial charge in [0.1, 0.15) is 0 Å². The second kappa shape index (κ2) is 17.0. The Bertz CT molecular complexity index is 1030. The lowest BCUT2D eigenvalue weighted by Gasteiger charge is -2.32. The van der Waals surface area contributed by atoms with Crippen molar-refractivity contribution >= 4 is 5.91 Å². The van der Waals surface area contributed by atoms with Gasteiger partial charge in [-0.1, -0.05) is 37.8 Å². The summed E-state index contributed by atoms with van der Waals surface area (Å²) < 4.78 is 27.1. The molecule has 2 aliphatic rings. The monoisotopic (exact) mass is 556 g/mol. The number of benzene rings is 2. The summed E-state index contributed by atoms with van der Waals surface area (Å²) in [7, 11) is 8.61. The molecule has 40 heavy (non-hydrogen) atoms. The van der Waals surface area contributed by atoms with Crippen LogP contribution in [0, 0.1) is 0 Å². The molecule has 1 saturated heterocycles. The molecule has 0 atom stereocenters. The number of rotatable bonds is 10. The summed E-state index contributed by atoms with van der Waals surface area (Å²) in [6, 6.07) is 11.7. The Morgan fingerprint density at radius 3 is 1.80 bits per heavy atom. The molecule has 0 N–H and O–H groups in total. The van der Waals surface area contributed by atoms with Crippen molar-refractivity contribution in [1.82, 2.24) is 9.80 Å². The molecular weight excluding hydrogens is 508 g/mol. The van der Waals surface area contributed by atoms with Crippen LogP contribution in [-0.4, -0.2) is 90.1 Å². The smallest absolute Gasteiger partial charge is 0.227 e. The lowest BCUT2D eigenvalue weighted by Crippen LogP contribution is -2.47. The average Bonchev–Trinajstić information content (AvgIpc) is 3.26. The van der Waals surface area contributed by atoms with Gasteiger partial charge in [-0.15, -0.1) is 0 Å². The Kier molecular flexibility index (Phi) is 13.4. The summed E-state index contributed by atoms with van der Waals surface area (Å²) in [4.78, 5) is 16.4. The van der Waals surface area contributed by atoms with Gasteiger partial charge in [-0.05, 0) is 61.7 Å². The van der Waals surface area contributed by atoms with Gasteiger partial charge < -0.3 is 33.5 Å². The van der Waals surface area contributed by atoms with E-state index in [9.17, 15) is 4.79 Å². The molecule has 0 spiro atoms. The van der Waals surface area contributed by atoms with E-state index in [1.807, 2.05) is 35.2 Å². The summed E-state index contributed by atoms with van der Waals surface area (Å²) in [5.41, 5.74) is 2.18. The minimum Gasteiger partial charge on any atom is -0.493 e. The Balaban J connectivity index is 0.000000220. The molecule has 1 aliphatic carbocycles. The summed E-state index contributed by atoms with van der Waals surface area (Å²) in [5.74, 6) is 3.09. The highest BCUT2D eigenvalue weighted by molar-refractivity contribution is 5.79. The molecule has 0 radical (unpaired) electrons. The summed E-state index contributed by atoms with van der Waals surface area (Å²) in [5, 5.41) is 0. The van der Waals surface area contributed by atoms with Crippen LogP contribution in [-0.2, 0) is 22.4 Å². The van der Waals surface area contributed by atoms with E-state index in [1.54, 1.807) is 28.4 Å². The molecule has 222 valence electrons. The number of amides is 1. The molecule has 8 heteroatoms. The Morgan fingerprint density at radius 1 is 0.725 bits per heavy atom. The van der Waals surface area contributed by atoms with E-state index in [-0.39, 0.29) is 5.91 Å². The van der Waals surface area contributed by atoms with E-state index in [1.165, 1.54) is 44.1 Å². The van der Waals surface area contributed by atoms with Gasteiger partial charge in [0.15, 0.2) is 23.0 Å². The lowest BCUT2D eigenvalue weighted by atomic mass is 10.1. The average molecular weight is 557 g/mol. The second-order valence-corrected chi connectivity index (χ2v) is 10.5. The van der Waals surface area contributed by atoms with Crippen LogP contribution in [0.4, 0.5) is 0 Å². The number of nitrogens with zero attached hydrogens (tertiary/aromatic N) is 2. The maximum Gasteiger partial charge on any atom is 0.227 e. The molecule has 0 aromatic heterocycles. The van der Waals surface area contributed by atoms with Crippen LogP contribution in [0.2, 0.25) is 0 Å². The van der Waals surface area contributed by atoms with Gasteiger partial charge in [0.25, 0.3) is 0 Å². The zero-order valence-corrected chi connectivity index (χ0v) is 25.1. The minimum absolute atomic E-state index is 0.172. The van der Waals surface area contributed by atoms with E-state index in [0.29, 0.717) is 24.0 Å². The van der Waals surface area contributed by atoms with Gasteiger partial charge in [0.2, 0.25) is 5.91 Å². The topological polar surface area (TPSA) is 69.7 Å². The van der Waals surface area contributed by atoms with Crippen LogP contribution in [0.1, 0.15) is 49.7 Å². The van der Waals surface area contributed by atoms with Gasteiger partial charge >= 0.3 is 0 Å². The third-order valence-corrected chi connectivity index (χ3v) is 7.65. The van der Waals surface area contributed by atoms with Crippen molar-refractivity contribution < 1.29 is 28.5 Å². The van der Waals surface area contributed by atoms with E-state index < -0.39 is 0 Å². The fourth-order valence-corrected chi connectivity index (χ4v) is 5.12. The quantitative estimate of drug-likeness (QED) is 0.381. The molecule has 1 aliphatic heterocycles. The predicted molar refractivity (Wildman–Crippen MR) is 158 cm³/mol. The number of ether oxygens (including phenoxy) is 5. The van der Waals surface area contributed by atoms with Gasteiger partial charge in [-0.2, -0.15) is 0 Å². The van der Waals surface area contributed by atoms with E-state index >= 15 is 0 Å². The first-order chi connectivity index (χ1) is 19.5. The van der Waals surface area contributed by atoms with Crippen molar-refractivity contribution in [2.24, 2.45) is 0 Å². The maximum atomic E-state index is 12.3. The number of hydrogen-bond acceptors (Lipinski definition) is 7. The highest BCUT2D eigenvalue weighted by Gasteiger charge is 2.19. The molecule has 8 nitrogen and oxygen atoms in total. The van der Waals surface area contributed by atoms with Crippen LogP contribution >= 0.6 is 0 Å². The van der Waals surface area contributed by atoms with E-state index in [4.69, 9.17) is 23.7 Å².